The van der Waals surface area contributed by atoms with Crippen molar-refractivity contribution in [3.8, 4) is 5.75 Å². The number of ether oxygens (including phenoxy) is 1. The molecule has 3 amide bonds. The van der Waals surface area contributed by atoms with Crippen molar-refractivity contribution in [1.29, 1.82) is 0 Å². The molecule has 29 heavy (non-hydrogen) atoms. The number of nitrogens with zero attached hydrogens (tertiary/aromatic N) is 2. The third-order valence-electron chi connectivity index (χ3n) is 5.48. The molecule has 1 saturated heterocycles. The highest BCUT2D eigenvalue weighted by atomic mass is 16.5. The number of likely N-dealkylation sites (N-methyl/N-ethyl adjacent to an activating group) is 1. The largest absolute Gasteiger partial charge is 0.484 e. The first kappa shape index (κ1) is 23.0. The number of nitrogens with one attached hydrogen (secondary N) is 2. The fraction of sp³-hybridized carbons (Fsp3) is 0.636. The van der Waals surface area contributed by atoms with Crippen molar-refractivity contribution in [1.82, 2.24) is 15.1 Å². The second-order valence-corrected chi connectivity index (χ2v) is 8.47. The molecule has 2 N–H and O–H groups in total. The third-order valence-corrected chi connectivity index (χ3v) is 5.48. The molecule has 1 unspecified atom stereocenters. The smallest absolute Gasteiger partial charge is 0.319 e. The summed E-state index contributed by atoms with van der Waals surface area (Å²) in [7, 11) is 3.37. The first-order valence-electron chi connectivity index (χ1n) is 10.5. The highest BCUT2D eigenvalue weighted by Gasteiger charge is 2.25. The molecule has 1 aliphatic rings. The maximum absolute atomic E-state index is 12.4. The van der Waals surface area contributed by atoms with E-state index in [0.717, 1.165) is 19.0 Å². The number of urea groups is 1. The second kappa shape index (κ2) is 11.0. The third kappa shape index (κ3) is 7.57. The summed E-state index contributed by atoms with van der Waals surface area (Å²) in [6.45, 7) is 9.49. The first-order chi connectivity index (χ1) is 13.8. The van der Waals surface area contributed by atoms with Crippen LogP contribution in [-0.4, -0.2) is 68.1 Å². The molecule has 7 nitrogen and oxygen atoms in total. The van der Waals surface area contributed by atoms with Crippen LogP contribution in [-0.2, 0) is 4.79 Å². The van der Waals surface area contributed by atoms with Gasteiger partial charge in [-0.05, 0) is 49.9 Å². The van der Waals surface area contributed by atoms with Crippen LogP contribution in [0.4, 0.5) is 10.5 Å². The zero-order valence-electron chi connectivity index (χ0n) is 18.4. The van der Waals surface area contributed by atoms with Crippen LogP contribution in [0.15, 0.2) is 24.3 Å². The zero-order valence-corrected chi connectivity index (χ0v) is 18.4. The van der Waals surface area contributed by atoms with Gasteiger partial charge in [-0.1, -0.05) is 26.8 Å². The highest BCUT2D eigenvalue weighted by molar-refractivity contribution is 5.89. The first-order valence-corrected chi connectivity index (χ1v) is 10.5. The Morgan fingerprint density at radius 3 is 2.55 bits per heavy atom. The summed E-state index contributed by atoms with van der Waals surface area (Å²) in [6.07, 6.45) is 2.44. The Kier molecular flexibility index (Phi) is 8.76. The molecule has 0 radical (unpaired) electrons. The average molecular weight is 405 g/mol. The predicted octanol–water partition coefficient (Wildman–Crippen LogP) is 3.03. The van der Waals surface area contributed by atoms with Gasteiger partial charge in [0.05, 0.1) is 0 Å². The summed E-state index contributed by atoms with van der Waals surface area (Å²) in [5.41, 5.74) is 0.630. The van der Waals surface area contributed by atoms with E-state index in [1.54, 1.807) is 38.4 Å². The summed E-state index contributed by atoms with van der Waals surface area (Å²) < 4.78 is 5.50. The number of carbonyl (C=O) groups is 2. The second-order valence-electron chi connectivity index (χ2n) is 8.47. The van der Waals surface area contributed by atoms with Crippen molar-refractivity contribution in [3.05, 3.63) is 24.3 Å². The van der Waals surface area contributed by atoms with Gasteiger partial charge in [-0.15, -0.1) is 0 Å². The molecular weight excluding hydrogens is 368 g/mol. The number of carbonyl (C=O) groups excluding carboxylic acids is 2. The van der Waals surface area contributed by atoms with Gasteiger partial charge in [0.15, 0.2) is 6.61 Å². The van der Waals surface area contributed by atoms with Gasteiger partial charge in [-0.25, -0.2) is 4.79 Å². The Hall–Kier alpha value is -2.28. The lowest BCUT2D eigenvalue weighted by Gasteiger charge is -2.38. The standard InChI is InChI=1S/C22H36N4O3/c1-16(2)20(26-11-9-17(3)10-12-26)14-23-22(28)24-18-7-6-8-19(13-18)29-15-21(27)25(4)5/h6-8,13,16-17,20H,9-12,14-15H2,1-5H3,(H2,23,24,28). The molecule has 0 aromatic heterocycles. The maximum atomic E-state index is 12.4. The Morgan fingerprint density at radius 1 is 1.24 bits per heavy atom. The molecule has 0 saturated carbocycles. The minimum Gasteiger partial charge on any atom is -0.484 e. The number of benzene rings is 1. The molecule has 162 valence electrons. The van der Waals surface area contributed by atoms with Gasteiger partial charge in [0, 0.05) is 38.4 Å². The number of piperidine rings is 1. The molecule has 0 spiro atoms. The molecule has 1 atom stereocenters. The highest BCUT2D eigenvalue weighted by Crippen LogP contribution is 2.21. The number of rotatable bonds is 8. The van der Waals surface area contributed by atoms with Gasteiger partial charge in [0.1, 0.15) is 5.75 Å². The van der Waals surface area contributed by atoms with E-state index >= 15 is 0 Å². The molecule has 1 aromatic carbocycles. The topological polar surface area (TPSA) is 73.9 Å². The molecule has 2 rings (SSSR count). The molecular formula is C22H36N4O3. The molecule has 1 aromatic rings. The van der Waals surface area contributed by atoms with Crippen molar-refractivity contribution < 1.29 is 14.3 Å². The van der Waals surface area contributed by atoms with Crippen molar-refractivity contribution in [2.45, 2.75) is 39.7 Å². The van der Waals surface area contributed by atoms with Crippen LogP contribution < -0.4 is 15.4 Å². The summed E-state index contributed by atoms with van der Waals surface area (Å²) >= 11 is 0. The van der Waals surface area contributed by atoms with E-state index < -0.39 is 0 Å². The van der Waals surface area contributed by atoms with Crippen molar-refractivity contribution in [3.63, 3.8) is 0 Å². The van der Waals surface area contributed by atoms with Gasteiger partial charge < -0.3 is 20.3 Å². The normalized spacial score (nSPS) is 16.3. The van der Waals surface area contributed by atoms with Crippen LogP contribution in [0.2, 0.25) is 0 Å². The number of anilines is 1. The lowest BCUT2D eigenvalue weighted by Crippen LogP contribution is -2.50. The van der Waals surface area contributed by atoms with E-state index in [1.807, 2.05) is 0 Å². The van der Waals surface area contributed by atoms with Gasteiger partial charge in [-0.3, -0.25) is 9.69 Å². The lowest BCUT2D eigenvalue weighted by atomic mass is 9.94. The van der Waals surface area contributed by atoms with Crippen LogP contribution in [0, 0.1) is 11.8 Å². The molecule has 7 heteroatoms. The van der Waals surface area contributed by atoms with Gasteiger partial charge in [0.25, 0.3) is 5.91 Å². The van der Waals surface area contributed by atoms with Crippen molar-refractivity contribution in [2.24, 2.45) is 11.8 Å². The SMILES string of the molecule is CC1CCN(C(CNC(=O)Nc2cccc(OCC(=O)N(C)C)c2)C(C)C)CC1. The van der Waals surface area contributed by atoms with Crippen molar-refractivity contribution in [2.75, 3.05) is 45.7 Å². The number of hydrogen-bond acceptors (Lipinski definition) is 4. The Labute approximate surface area is 174 Å². The van der Waals surface area contributed by atoms with E-state index in [9.17, 15) is 9.59 Å². The maximum Gasteiger partial charge on any atom is 0.319 e. The van der Waals surface area contributed by atoms with Gasteiger partial charge >= 0.3 is 6.03 Å². The lowest BCUT2D eigenvalue weighted by molar-refractivity contribution is -0.130. The Bertz CT molecular complexity index is 670. The minimum atomic E-state index is -0.234. The Morgan fingerprint density at radius 2 is 1.93 bits per heavy atom. The molecule has 1 heterocycles. The predicted molar refractivity (Wildman–Crippen MR) is 116 cm³/mol. The number of likely N-dealkylation sites (tertiary alicyclic amines) is 1. The zero-order chi connectivity index (χ0) is 21.4. The molecule has 0 aliphatic carbocycles. The molecule has 1 fully saturated rings. The van der Waals surface area contributed by atoms with E-state index in [0.29, 0.717) is 29.9 Å². The quantitative estimate of drug-likeness (QED) is 0.698. The monoisotopic (exact) mass is 404 g/mol. The van der Waals surface area contributed by atoms with E-state index in [2.05, 4.69) is 36.3 Å². The molecule has 1 aliphatic heterocycles. The average Bonchev–Trinajstić information content (AvgIpc) is 2.67. The van der Waals surface area contributed by atoms with Crippen LogP contribution >= 0.6 is 0 Å². The van der Waals surface area contributed by atoms with Crippen LogP contribution in [0.25, 0.3) is 0 Å². The van der Waals surface area contributed by atoms with E-state index in [4.69, 9.17) is 4.74 Å². The Balaban J connectivity index is 1.84. The fourth-order valence-electron chi connectivity index (χ4n) is 3.46. The van der Waals surface area contributed by atoms with Crippen LogP contribution in [0.1, 0.15) is 33.6 Å². The summed E-state index contributed by atoms with van der Waals surface area (Å²) in [5.74, 6) is 1.68. The van der Waals surface area contributed by atoms with Gasteiger partial charge in [-0.2, -0.15) is 0 Å². The summed E-state index contributed by atoms with van der Waals surface area (Å²) in [6, 6.07) is 7.16. The number of hydrogen-bond donors (Lipinski definition) is 2. The van der Waals surface area contributed by atoms with Crippen LogP contribution in [0.3, 0.4) is 0 Å². The van der Waals surface area contributed by atoms with Crippen LogP contribution in [0.5, 0.6) is 5.75 Å². The summed E-state index contributed by atoms with van der Waals surface area (Å²) in [5, 5.41) is 5.87. The minimum absolute atomic E-state index is 0.0346. The van der Waals surface area contributed by atoms with E-state index in [1.165, 1.54) is 17.7 Å². The van der Waals surface area contributed by atoms with E-state index in [-0.39, 0.29) is 18.5 Å². The molecule has 0 bridgehead atoms. The van der Waals surface area contributed by atoms with Gasteiger partial charge in [0.2, 0.25) is 0 Å². The number of amides is 3. The summed E-state index contributed by atoms with van der Waals surface area (Å²) in [4.78, 5) is 28.0. The fourth-order valence-corrected chi connectivity index (χ4v) is 3.46. The van der Waals surface area contributed by atoms with Crippen molar-refractivity contribution >= 4 is 17.6 Å².